The van der Waals surface area contributed by atoms with Gasteiger partial charge in [0, 0.05) is 22.8 Å². The van der Waals surface area contributed by atoms with Crippen LogP contribution in [-0.4, -0.2) is 28.4 Å². The van der Waals surface area contributed by atoms with E-state index in [1.165, 1.54) is 0 Å². The van der Waals surface area contributed by atoms with Gasteiger partial charge in [-0.25, -0.2) is 0 Å². The van der Waals surface area contributed by atoms with Crippen molar-refractivity contribution in [2.75, 3.05) is 6.61 Å². The summed E-state index contributed by atoms with van der Waals surface area (Å²) in [5.74, 6) is 0.695. The Balaban J connectivity index is 2.15. The highest BCUT2D eigenvalue weighted by Gasteiger charge is 2.23. The molecule has 1 amide bonds. The van der Waals surface area contributed by atoms with Crippen LogP contribution >= 0.6 is 11.6 Å². The van der Waals surface area contributed by atoms with Gasteiger partial charge in [-0.05, 0) is 44.2 Å². The molecule has 0 aliphatic carbocycles. The number of benzene rings is 1. The van der Waals surface area contributed by atoms with Crippen LogP contribution in [-0.2, 0) is 4.79 Å². The number of carbonyl (C=O) groups excluding carboxylic acids is 1. The largest absolute Gasteiger partial charge is 0.440 e. The quantitative estimate of drug-likeness (QED) is 0.579. The lowest BCUT2D eigenvalue weighted by Crippen LogP contribution is -2.40. The minimum atomic E-state index is -0.133. The van der Waals surface area contributed by atoms with E-state index >= 15 is 0 Å². The van der Waals surface area contributed by atoms with E-state index in [0.29, 0.717) is 28.0 Å². The Bertz CT molecular complexity index is 809. The zero-order valence-electron chi connectivity index (χ0n) is 17.0. The number of oxazole rings is 1. The average Bonchev–Trinajstić information content (AvgIpc) is 2.93. The molecule has 0 saturated heterocycles. The van der Waals surface area contributed by atoms with E-state index in [1.54, 1.807) is 18.2 Å². The van der Waals surface area contributed by atoms with Crippen LogP contribution in [0.4, 0.5) is 0 Å². The highest BCUT2D eigenvalue weighted by atomic mass is 35.5. The van der Waals surface area contributed by atoms with Gasteiger partial charge in [0.1, 0.15) is 5.52 Å². The highest BCUT2D eigenvalue weighted by Crippen LogP contribution is 2.24. The van der Waals surface area contributed by atoms with E-state index in [0.717, 1.165) is 12.1 Å². The van der Waals surface area contributed by atoms with Crippen LogP contribution in [0.3, 0.4) is 0 Å². The van der Waals surface area contributed by atoms with Crippen molar-refractivity contribution >= 4 is 28.6 Å². The first-order valence-corrected chi connectivity index (χ1v) is 9.76. The maximum atomic E-state index is 12.9. The maximum absolute atomic E-state index is 12.9. The van der Waals surface area contributed by atoms with Crippen LogP contribution in [0.15, 0.2) is 34.4 Å². The Hall–Kier alpha value is -2.01. The van der Waals surface area contributed by atoms with Gasteiger partial charge in [0.2, 0.25) is 0 Å². The van der Waals surface area contributed by atoms with Crippen LogP contribution in [0.1, 0.15) is 48.0 Å². The van der Waals surface area contributed by atoms with Gasteiger partial charge >= 0.3 is 6.08 Å². The van der Waals surface area contributed by atoms with Crippen molar-refractivity contribution in [3.8, 4) is 6.08 Å². The molecule has 1 aromatic heterocycles. The van der Waals surface area contributed by atoms with Gasteiger partial charge in [-0.2, -0.15) is 4.98 Å². The summed E-state index contributed by atoms with van der Waals surface area (Å²) in [6, 6.07) is 5.19. The summed E-state index contributed by atoms with van der Waals surface area (Å²) in [5, 5.41) is 0.560. The van der Waals surface area contributed by atoms with Crippen molar-refractivity contribution < 1.29 is 13.9 Å². The molecule has 27 heavy (non-hydrogen) atoms. The van der Waals surface area contributed by atoms with Crippen LogP contribution in [0.2, 0.25) is 5.02 Å². The van der Waals surface area contributed by atoms with E-state index in [4.69, 9.17) is 20.8 Å². The van der Waals surface area contributed by atoms with E-state index in [2.05, 4.69) is 38.8 Å². The average molecular weight is 393 g/mol. The van der Waals surface area contributed by atoms with Crippen LogP contribution in [0.5, 0.6) is 6.08 Å². The van der Waals surface area contributed by atoms with Gasteiger partial charge in [-0.1, -0.05) is 45.4 Å². The number of allylic oxidation sites excluding steroid dienone is 2. The van der Waals surface area contributed by atoms with Crippen molar-refractivity contribution in [3.05, 3.63) is 35.0 Å². The second-order valence-corrected chi connectivity index (χ2v) is 8.17. The van der Waals surface area contributed by atoms with Crippen molar-refractivity contribution in [1.29, 1.82) is 0 Å². The molecule has 1 heterocycles. The first-order chi connectivity index (χ1) is 12.7. The number of aromatic nitrogens is 1. The number of nitrogens with zero attached hydrogens (tertiary/aromatic N) is 2. The smallest absolute Gasteiger partial charge is 0.395 e. The zero-order valence-corrected chi connectivity index (χ0v) is 17.7. The fourth-order valence-electron chi connectivity index (χ4n) is 2.96. The lowest BCUT2D eigenvalue weighted by molar-refractivity contribution is -0.133. The predicted octanol–water partition coefficient (Wildman–Crippen LogP) is 5.68. The third-order valence-electron chi connectivity index (χ3n) is 3.89. The standard InChI is InChI=1S/C21H29ClN2O3/c1-13(2)9-17(10-14(3)4)24(15(5)6)20(25)12-26-21-23-18-8-7-16(22)11-19(18)27-21/h7-9,11,13-15H,10,12H2,1-6H3. The monoisotopic (exact) mass is 392 g/mol. The van der Waals surface area contributed by atoms with Crippen molar-refractivity contribution in [2.45, 2.75) is 54.0 Å². The first-order valence-electron chi connectivity index (χ1n) is 9.39. The number of ether oxygens (including phenoxy) is 1. The van der Waals surface area contributed by atoms with Crippen LogP contribution in [0, 0.1) is 11.8 Å². The zero-order chi connectivity index (χ0) is 20.1. The molecule has 0 unspecified atom stereocenters. The molecule has 2 rings (SSSR count). The Labute approximate surface area is 166 Å². The Morgan fingerprint density at radius 1 is 1.26 bits per heavy atom. The minimum absolute atomic E-state index is 0.0345. The fourth-order valence-corrected chi connectivity index (χ4v) is 3.12. The Kier molecular flexibility index (Phi) is 7.31. The Morgan fingerprint density at radius 3 is 2.56 bits per heavy atom. The molecule has 0 radical (unpaired) electrons. The van der Waals surface area contributed by atoms with E-state index in [9.17, 15) is 4.79 Å². The predicted molar refractivity (Wildman–Crippen MR) is 109 cm³/mol. The number of hydrogen-bond donors (Lipinski definition) is 0. The van der Waals surface area contributed by atoms with Crippen molar-refractivity contribution in [3.63, 3.8) is 0 Å². The number of fused-ring (bicyclic) bond motifs is 1. The van der Waals surface area contributed by atoms with E-state index < -0.39 is 0 Å². The summed E-state index contributed by atoms with van der Waals surface area (Å²) < 4.78 is 11.1. The molecule has 148 valence electrons. The number of carbonyl (C=O) groups is 1. The summed E-state index contributed by atoms with van der Waals surface area (Å²) in [7, 11) is 0. The van der Waals surface area contributed by atoms with Gasteiger partial charge in [0.15, 0.2) is 12.2 Å². The first kappa shape index (κ1) is 21.3. The molecular weight excluding hydrogens is 364 g/mol. The number of rotatable bonds is 8. The molecule has 0 bridgehead atoms. The topological polar surface area (TPSA) is 55.6 Å². The van der Waals surface area contributed by atoms with Crippen LogP contribution in [0.25, 0.3) is 11.1 Å². The molecule has 6 heteroatoms. The summed E-state index contributed by atoms with van der Waals surface area (Å²) in [5.41, 5.74) is 2.21. The molecule has 5 nitrogen and oxygen atoms in total. The summed E-state index contributed by atoms with van der Waals surface area (Å²) >= 11 is 5.95. The second-order valence-electron chi connectivity index (χ2n) is 7.74. The summed E-state index contributed by atoms with van der Waals surface area (Å²) in [4.78, 5) is 19.0. The van der Waals surface area contributed by atoms with Gasteiger partial charge in [0.25, 0.3) is 5.91 Å². The maximum Gasteiger partial charge on any atom is 0.395 e. The Morgan fingerprint density at radius 2 is 1.96 bits per heavy atom. The summed E-state index contributed by atoms with van der Waals surface area (Å²) in [6.45, 7) is 12.4. The molecule has 0 atom stereocenters. The number of amides is 1. The number of hydrogen-bond acceptors (Lipinski definition) is 4. The SMILES string of the molecule is CC(C)C=C(CC(C)C)N(C(=O)COc1nc2ccc(Cl)cc2o1)C(C)C. The van der Waals surface area contributed by atoms with Gasteiger partial charge < -0.3 is 14.1 Å². The third-order valence-corrected chi connectivity index (χ3v) is 4.12. The molecular formula is C21H29ClN2O3. The lowest BCUT2D eigenvalue weighted by atomic mass is 10.0. The van der Waals surface area contributed by atoms with Crippen LogP contribution < -0.4 is 4.74 Å². The molecule has 2 aromatic rings. The number of halogens is 1. The van der Waals surface area contributed by atoms with E-state index in [1.807, 2.05) is 18.7 Å². The molecule has 0 aliphatic heterocycles. The van der Waals surface area contributed by atoms with Crippen molar-refractivity contribution in [1.82, 2.24) is 9.88 Å². The molecule has 0 aliphatic rings. The normalized spacial score (nSPS) is 12.4. The lowest BCUT2D eigenvalue weighted by Gasteiger charge is -2.31. The van der Waals surface area contributed by atoms with Gasteiger partial charge in [-0.3, -0.25) is 4.79 Å². The van der Waals surface area contributed by atoms with Crippen molar-refractivity contribution in [2.24, 2.45) is 11.8 Å². The molecule has 0 saturated carbocycles. The molecule has 0 spiro atoms. The second kappa shape index (κ2) is 9.27. The molecule has 1 aromatic carbocycles. The highest BCUT2D eigenvalue weighted by molar-refractivity contribution is 6.31. The van der Waals surface area contributed by atoms with E-state index in [-0.39, 0.29) is 24.6 Å². The fraction of sp³-hybridized carbons (Fsp3) is 0.524. The van der Waals surface area contributed by atoms with Gasteiger partial charge in [0.05, 0.1) is 0 Å². The molecule has 0 N–H and O–H groups in total. The van der Waals surface area contributed by atoms with Gasteiger partial charge in [-0.15, -0.1) is 0 Å². The summed E-state index contributed by atoms with van der Waals surface area (Å²) in [6.07, 6.45) is 3.06. The minimum Gasteiger partial charge on any atom is -0.440 e. The molecule has 0 fully saturated rings. The third kappa shape index (κ3) is 5.99.